The zero-order chi connectivity index (χ0) is 17.1. The molecule has 2 atom stereocenters. The molecule has 2 rings (SSSR count). The molecule has 1 N–H and O–H groups in total. The van der Waals surface area contributed by atoms with Crippen LogP contribution in [-0.4, -0.2) is 34.5 Å². The molecule has 4 nitrogen and oxygen atoms in total. The van der Waals surface area contributed by atoms with Gasteiger partial charge in [0, 0.05) is 23.2 Å². The van der Waals surface area contributed by atoms with E-state index in [2.05, 4.69) is 20.8 Å². The molecule has 0 aliphatic carbocycles. The summed E-state index contributed by atoms with van der Waals surface area (Å²) >= 11 is 6.04. The van der Waals surface area contributed by atoms with Crippen LogP contribution in [0.15, 0.2) is 12.1 Å². The predicted molar refractivity (Wildman–Crippen MR) is 91.3 cm³/mol. The second-order valence-electron chi connectivity index (χ2n) is 6.27. The van der Waals surface area contributed by atoms with Crippen molar-refractivity contribution in [1.82, 2.24) is 4.90 Å². The topological polar surface area (TPSA) is 57.6 Å². The number of amides is 1. The van der Waals surface area contributed by atoms with Crippen LogP contribution in [0.5, 0.6) is 0 Å². The van der Waals surface area contributed by atoms with Crippen LogP contribution in [-0.2, 0) is 6.42 Å². The lowest BCUT2D eigenvalue weighted by molar-refractivity contribution is 0.0575. The Hall–Kier alpha value is -1.55. The third kappa shape index (κ3) is 3.52. The highest BCUT2D eigenvalue weighted by molar-refractivity contribution is 6.31. The number of fused-ring (bicyclic) bond motifs is 1. The van der Waals surface area contributed by atoms with Crippen molar-refractivity contribution in [3.63, 3.8) is 0 Å². The van der Waals surface area contributed by atoms with E-state index < -0.39 is 5.97 Å². The van der Waals surface area contributed by atoms with Gasteiger partial charge in [0.1, 0.15) is 0 Å². The lowest BCUT2D eigenvalue weighted by atomic mass is 9.88. The van der Waals surface area contributed by atoms with E-state index in [1.54, 1.807) is 6.07 Å². The number of carbonyl (C=O) groups excluding carboxylic acids is 1. The average Bonchev–Trinajstić information content (AvgIpc) is 2.52. The fraction of sp³-hybridized carbons (Fsp3) is 0.556. The minimum atomic E-state index is -1.03. The molecule has 126 valence electrons. The van der Waals surface area contributed by atoms with Crippen molar-refractivity contribution in [1.29, 1.82) is 0 Å². The van der Waals surface area contributed by atoms with E-state index in [0.29, 0.717) is 35.0 Å². The maximum atomic E-state index is 13.0. The summed E-state index contributed by atoms with van der Waals surface area (Å²) in [5.74, 6) is -0.703. The van der Waals surface area contributed by atoms with Gasteiger partial charge in [0.2, 0.25) is 0 Å². The van der Waals surface area contributed by atoms with Crippen LogP contribution in [0, 0.1) is 5.92 Å². The van der Waals surface area contributed by atoms with Gasteiger partial charge in [-0.15, -0.1) is 0 Å². The molecule has 1 aliphatic rings. The first-order valence-corrected chi connectivity index (χ1v) is 8.65. The lowest BCUT2D eigenvalue weighted by Gasteiger charge is -2.39. The van der Waals surface area contributed by atoms with Gasteiger partial charge in [-0.3, -0.25) is 4.79 Å². The molecule has 0 bridgehead atoms. The van der Waals surface area contributed by atoms with Crippen LogP contribution in [0.25, 0.3) is 0 Å². The van der Waals surface area contributed by atoms with Crippen molar-refractivity contribution in [3.05, 3.63) is 33.8 Å². The van der Waals surface area contributed by atoms with Crippen LogP contribution < -0.4 is 0 Å². The number of benzene rings is 1. The van der Waals surface area contributed by atoms with Crippen LogP contribution in [0.1, 0.15) is 66.3 Å². The monoisotopic (exact) mass is 337 g/mol. The summed E-state index contributed by atoms with van der Waals surface area (Å²) in [6.07, 6.45) is 3.55. The van der Waals surface area contributed by atoms with E-state index in [4.69, 9.17) is 11.6 Å². The summed E-state index contributed by atoms with van der Waals surface area (Å²) < 4.78 is 0. The molecular weight excluding hydrogens is 314 g/mol. The van der Waals surface area contributed by atoms with Crippen LogP contribution in [0.2, 0.25) is 5.02 Å². The maximum Gasteiger partial charge on any atom is 0.336 e. The molecule has 0 saturated carbocycles. The summed E-state index contributed by atoms with van der Waals surface area (Å²) in [5, 5.41) is 9.65. The SMILES string of the molecule is CCCC(C(C)CC)N1CCc2c(C(=O)O)cc(Cl)cc2C1=O. The molecule has 0 aromatic heterocycles. The minimum absolute atomic E-state index is 0.0880. The number of rotatable bonds is 6. The molecular formula is C18H24ClNO3. The first kappa shape index (κ1) is 17.8. The molecule has 0 saturated heterocycles. The maximum absolute atomic E-state index is 13.0. The molecule has 1 aromatic carbocycles. The average molecular weight is 338 g/mol. The zero-order valence-electron chi connectivity index (χ0n) is 13.9. The number of aromatic carboxylic acids is 1. The Kier molecular flexibility index (Phi) is 5.69. The summed E-state index contributed by atoms with van der Waals surface area (Å²) in [6.45, 7) is 7.00. The summed E-state index contributed by atoms with van der Waals surface area (Å²) in [7, 11) is 0. The van der Waals surface area contributed by atoms with Crippen molar-refractivity contribution in [2.75, 3.05) is 6.54 Å². The van der Waals surface area contributed by atoms with Crippen LogP contribution >= 0.6 is 11.6 Å². The molecule has 2 unspecified atom stereocenters. The summed E-state index contributed by atoms with van der Waals surface area (Å²) in [5.41, 5.74) is 1.21. The van der Waals surface area contributed by atoms with Gasteiger partial charge in [-0.2, -0.15) is 0 Å². The van der Waals surface area contributed by atoms with E-state index in [1.165, 1.54) is 6.07 Å². The fourth-order valence-corrected chi connectivity index (χ4v) is 3.63. The molecule has 1 aliphatic heterocycles. The van der Waals surface area contributed by atoms with Gasteiger partial charge < -0.3 is 10.0 Å². The number of carboxylic acids is 1. The Bertz CT molecular complexity index is 615. The number of nitrogens with zero attached hydrogens (tertiary/aromatic N) is 1. The minimum Gasteiger partial charge on any atom is -0.478 e. The van der Waals surface area contributed by atoms with Crippen molar-refractivity contribution in [2.24, 2.45) is 5.92 Å². The normalized spacial score (nSPS) is 16.9. The molecule has 1 aromatic rings. The van der Waals surface area contributed by atoms with E-state index >= 15 is 0 Å². The zero-order valence-corrected chi connectivity index (χ0v) is 14.7. The van der Waals surface area contributed by atoms with E-state index in [-0.39, 0.29) is 17.5 Å². The first-order valence-electron chi connectivity index (χ1n) is 8.27. The predicted octanol–water partition coefficient (Wildman–Crippen LogP) is 4.25. The molecule has 0 spiro atoms. The fourth-order valence-electron chi connectivity index (χ4n) is 3.41. The van der Waals surface area contributed by atoms with E-state index in [0.717, 1.165) is 19.3 Å². The highest BCUT2D eigenvalue weighted by Crippen LogP contribution is 2.30. The number of halogens is 1. The third-order valence-corrected chi connectivity index (χ3v) is 5.04. The van der Waals surface area contributed by atoms with Crippen LogP contribution in [0.4, 0.5) is 0 Å². The van der Waals surface area contributed by atoms with Gasteiger partial charge in [-0.05, 0) is 36.5 Å². The standard InChI is InChI=1S/C18H24ClNO3/c1-4-6-16(11(3)5-2)20-8-7-13-14(17(20)21)9-12(19)10-15(13)18(22)23/h9-11,16H,4-8H2,1-3H3,(H,22,23). The Morgan fingerprint density at radius 2 is 2.09 bits per heavy atom. The molecule has 23 heavy (non-hydrogen) atoms. The molecule has 1 amide bonds. The largest absolute Gasteiger partial charge is 0.478 e. The van der Waals surface area contributed by atoms with Gasteiger partial charge in [0.05, 0.1) is 5.56 Å². The number of carboxylic acid groups (broad SMARTS) is 1. The molecule has 0 fully saturated rings. The Morgan fingerprint density at radius 3 is 2.65 bits per heavy atom. The van der Waals surface area contributed by atoms with Gasteiger partial charge in [-0.25, -0.2) is 4.79 Å². The summed E-state index contributed by atoms with van der Waals surface area (Å²) in [4.78, 5) is 26.3. The van der Waals surface area contributed by atoms with E-state index in [1.807, 2.05) is 4.90 Å². The number of hydrogen-bond donors (Lipinski definition) is 1. The molecule has 1 heterocycles. The Balaban J connectivity index is 2.42. The third-order valence-electron chi connectivity index (χ3n) is 4.82. The van der Waals surface area contributed by atoms with Gasteiger partial charge in [0.25, 0.3) is 5.91 Å². The molecule has 0 radical (unpaired) electrons. The first-order chi connectivity index (χ1) is 10.9. The van der Waals surface area contributed by atoms with E-state index in [9.17, 15) is 14.7 Å². The second-order valence-corrected chi connectivity index (χ2v) is 6.71. The van der Waals surface area contributed by atoms with Crippen molar-refractivity contribution in [3.8, 4) is 0 Å². The van der Waals surface area contributed by atoms with Gasteiger partial charge >= 0.3 is 5.97 Å². The quantitative estimate of drug-likeness (QED) is 0.844. The Labute approximate surface area is 142 Å². The van der Waals surface area contributed by atoms with Crippen LogP contribution in [0.3, 0.4) is 0 Å². The number of hydrogen-bond acceptors (Lipinski definition) is 2. The Morgan fingerprint density at radius 1 is 1.39 bits per heavy atom. The molecule has 5 heteroatoms. The second kappa shape index (κ2) is 7.35. The lowest BCUT2D eigenvalue weighted by Crippen LogP contribution is -2.47. The van der Waals surface area contributed by atoms with Crippen molar-refractivity contribution in [2.45, 2.75) is 52.5 Å². The smallest absolute Gasteiger partial charge is 0.336 e. The van der Waals surface area contributed by atoms with Crippen molar-refractivity contribution >= 4 is 23.5 Å². The summed E-state index contributed by atoms with van der Waals surface area (Å²) in [6, 6.07) is 3.24. The van der Waals surface area contributed by atoms with Crippen molar-refractivity contribution < 1.29 is 14.7 Å². The van der Waals surface area contributed by atoms with Gasteiger partial charge in [-0.1, -0.05) is 45.2 Å². The van der Waals surface area contributed by atoms with Gasteiger partial charge in [0.15, 0.2) is 0 Å². The highest BCUT2D eigenvalue weighted by Gasteiger charge is 2.34. The highest BCUT2D eigenvalue weighted by atomic mass is 35.5. The number of carbonyl (C=O) groups is 2.